The number of primary amides is 1. The van der Waals surface area contributed by atoms with Gasteiger partial charge in [0.25, 0.3) is 0 Å². The van der Waals surface area contributed by atoms with Gasteiger partial charge in [-0.25, -0.2) is 9.97 Å². The standard InChI is InChI=1S/C9H13ClN4O/c1-5(2)7(8(11)15)13-6-3-4-12-9(10)14-6/h3-5,7H,1-2H3,(H2,11,15)(H,12,13,14)/t7-/m0/s1. The second-order valence-electron chi connectivity index (χ2n) is 3.48. The van der Waals surface area contributed by atoms with E-state index in [9.17, 15) is 4.79 Å². The molecule has 0 aromatic carbocycles. The fourth-order valence-corrected chi connectivity index (χ4v) is 1.29. The molecule has 0 spiro atoms. The first-order chi connectivity index (χ1) is 7.00. The Morgan fingerprint density at radius 1 is 1.60 bits per heavy atom. The van der Waals surface area contributed by atoms with Gasteiger partial charge in [0.1, 0.15) is 11.9 Å². The van der Waals surface area contributed by atoms with Crippen molar-refractivity contribution in [1.82, 2.24) is 9.97 Å². The number of hydrogen-bond acceptors (Lipinski definition) is 4. The molecule has 1 amide bonds. The van der Waals surface area contributed by atoms with Gasteiger partial charge < -0.3 is 11.1 Å². The van der Waals surface area contributed by atoms with E-state index >= 15 is 0 Å². The molecule has 0 saturated carbocycles. The Labute approximate surface area is 93.0 Å². The summed E-state index contributed by atoms with van der Waals surface area (Å²) in [5, 5.41) is 3.04. The number of rotatable bonds is 4. The summed E-state index contributed by atoms with van der Waals surface area (Å²) in [5.74, 6) is 0.156. The summed E-state index contributed by atoms with van der Waals surface area (Å²) in [4.78, 5) is 18.8. The summed E-state index contributed by atoms with van der Waals surface area (Å²) in [5.41, 5.74) is 5.25. The summed E-state index contributed by atoms with van der Waals surface area (Å²) in [6.45, 7) is 3.79. The van der Waals surface area contributed by atoms with Gasteiger partial charge in [-0.3, -0.25) is 4.79 Å². The van der Waals surface area contributed by atoms with Crippen LogP contribution in [0.25, 0.3) is 0 Å². The van der Waals surface area contributed by atoms with Crippen LogP contribution in [0.3, 0.4) is 0 Å². The molecule has 1 rings (SSSR count). The molecule has 0 fully saturated rings. The summed E-state index contributed by atoms with van der Waals surface area (Å²) >= 11 is 5.61. The fraction of sp³-hybridized carbons (Fsp3) is 0.444. The summed E-state index contributed by atoms with van der Waals surface area (Å²) < 4.78 is 0. The van der Waals surface area contributed by atoms with Crippen LogP contribution in [-0.4, -0.2) is 21.9 Å². The van der Waals surface area contributed by atoms with Crippen LogP contribution in [0.1, 0.15) is 13.8 Å². The number of halogens is 1. The Kier molecular flexibility index (Phi) is 3.85. The van der Waals surface area contributed by atoms with Crippen LogP contribution in [0.2, 0.25) is 5.28 Å². The minimum Gasteiger partial charge on any atom is -0.368 e. The van der Waals surface area contributed by atoms with Crippen molar-refractivity contribution >= 4 is 23.3 Å². The SMILES string of the molecule is CC(C)[C@H](Nc1ccnc(Cl)n1)C(N)=O. The van der Waals surface area contributed by atoms with Crippen molar-refractivity contribution in [3.05, 3.63) is 17.5 Å². The third-order valence-corrected chi connectivity index (χ3v) is 2.08. The number of anilines is 1. The number of nitrogens with zero attached hydrogens (tertiary/aromatic N) is 2. The number of carbonyl (C=O) groups is 1. The number of amides is 1. The molecule has 3 N–H and O–H groups in total. The minimum absolute atomic E-state index is 0.0799. The summed E-state index contributed by atoms with van der Waals surface area (Å²) in [7, 11) is 0. The Morgan fingerprint density at radius 3 is 2.73 bits per heavy atom. The third-order valence-electron chi connectivity index (χ3n) is 1.90. The molecule has 82 valence electrons. The highest BCUT2D eigenvalue weighted by atomic mass is 35.5. The Bertz CT molecular complexity index is 356. The molecule has 0 unspecified atom stereocenters. The molecule has 0 aliphatic carbocycles. The molecule has 6 heteroatoms. The van der Waals surface area contributed by atoms with Gasteiger partial charge in [-0.1, -0.05) is 13.8 Å². The molecule has 1 aromatic heterocycles. The van der Waals surface area contributed by atoms with Gasteiger partial charge in [-0.05, 0) is 23.6 Å². The second kappa shape index (κ2) is 4.93. The zero-order valence-corrected chi connectivity index (χ0v) is 9.32. The Balaban J connectivity index is 2.79. The van der Waals surface area contributed by atoms with E-state index in [1.807, 2.05) is 13.8 Å². The number of nitrogens with two attached hydrogens (primary N) is 1. The number of nitrogens with one attached hydrogen (secondary N) is 1. The monoisotopic (exact) mass is 228 g/mol. The highest BCUT2D eigenvalue weighted by Gasteiger charge is 2.19. The summed E-state index contributed by atoms with van der Waals surface area (Å²) in [6, 6.07) is 1.17. The molecule has 0 aliphatic rings. The third kappa shape index (κ3) is 3.36. The van der Waals surface area contributed by atoms with Crippen molar-refractivity contribution in [2.45, 2.75) is 19.9 Å². The zero-order valence-electron chi connectivity index (χ0n) is 8.57. The predicted octanol–water partition coefficient (Wildman–Crippen LogP) is 1.05. The molecule has 15 heavy (non-hydrogen) atoms. The topological polar surface area (TPSA) is 80.9 Å². The largest absolute Gasteiger partial charge is 0.368 e. The Hall–Kier alpha value is -1.36. The fourth-order valence-electron chi connectivity index (χ4n) is 1.14. The van der Waals surface area contributed by atoms with E-state index < -0.39 is 11.9 Å². The van der Waals surface area contributed by atoms with Gasteiger partial charge >= 0.3 is 0 Å². The van der Waals surface area contributed by atoms with Crippen molar-refractivity contribution in [2.24, 2.45) is 11.7 Å². The molecule has 0 aliphatic heterocycles. The van der Waals surface area contributed by atoms with Crippen LogP contribution < -0.4 is 11.1 Å². The van der Waals surface area contributed by atoms with Crippen LogP contribution in [0.5, 0.6) is 0 Å². The maximum atomic E-state index is 11.1. The lowest BCUT2D eigenvalue weighted by Crippen LogP contribution is -2.39. The molecule has 0 radical (unpaired) electrons. The normalized spacial score (nSPS) is 12.5. The number of carbonyl (C=O) groups excluding carboxylic acids is 1. The second-order valence-corrected chi connectivity index (χ2v) is 3.82. The lowest BCUT2D eigenvalue weighted by molar-refractivity contribution is -0.119. The first-order valence-corrected chi connectivity index (χ1v) is 4.93. The van der Waals surface area contributed by atoms with Crippen molar-refractivity contribution in [3.8, 4) is 0 Å². The van der Waals surface area contributed by atoms with E-state index in [0.29, 0.717) is 5.82 Å². The van der Waals surface area contributed by atoms with E-state index in [-0.39, 0.29) is 11.2 Å². The minimum atomic E-state index is -0.462. The van der Waals surface area contributed by atoms with E-state index in [4.69, 9.17) is 17.3 Å². The maximum absolute atomic E-state index is 11.1. The first kappa shape index (κ1) is 11.7. The van der Waals surface area contributed by atoms with Crippen molar-refractivity contribution in [2.75, 3.05) is 5.32 Å². The van der Waals surface area contributed by atoms with Crippen LogP contribution in [0.15, 0.2) is 12.3 Å². The zero-order chi connectivity index (χ0) is 11.4. The molecular formula is C9H13ClN4O. The highest BCUT2D eigenvalue weighted by molar-refractivity contribution is 6.28. The average Bonchev–Trinajstić information content (AvgIpc) is 2.13. The van der Waals surface area contributed by atoms with Gasteiger partial charge in [0.2, 0.25) is 11.2 Å². The number of hydrogen-bond donors (Lipinski definition) is 2. The number of aromatic nitrogens is 2. The molecule has 5 nitrogen and oxygen atoms in total. The molecule has 0 saturated heterocycles. The van der Waals surface area contributed by atoms with Crippen LogP contribution >= 0.6 is 11.6 Å². The van der Waals surface area contributed by atoms with Crippen molar-refractivity contribution < 1.29 is 4.79 Å². The van der Waals surface area contributed by atoms with Crippen LogP contribution in [-0.2, 0) is 4.79 Å². The van der Waals surface area contributed by atoms with E-state index in [1.165, 1.54) is 6.20 Å². The van der Waals surface area contributed by atoms with Crippen molar-refractivity contribution in [3.63, 3.8) is 0 Å². The first-order valence-electron chi connectivity index (χ1n) is 4.55. The van der Waals surface area contributed by atoms with Gasteiger partial charge in [0.15, 0.2) is 0 Å². The van der Waals surface area contributed by atoms with Gasteiger partial charge in [-0.15, -0.1) is 0 Å². The van der Waals surface area contributed by atoms with Gasteiger partial charge in [-0.2, -0.15) is 0 Å². The molecule has 1 atom stereocenters. The molecule has 1 aromatic rings. The molecule has 1 heterocycles. The smallest absolute Gasteiger partial charge is 0.240 e. The van der Waals surface area contributed by atoms with E-state index in [0.717, 1.165) is 0 Å². The van der Waals surface area contributed by atoms with Gasteiger partial charge in [0.05, 0.1) is 0 Å². The quantitative estimate of drug-likeness (QED) is 0.755. The molecule has 0 bridgehead atoms. The van der Waals surface area contributed by atoms with Crippen LogP contribution in [0.4, 0.5) is 5.82 Å². The maximum Gasteiger partial charge on any atom is 0.240 e. The summed E-state index contributed by atoms with van der Waals surface area (Å²) in [6.07, 6.45) is 1.51. The van der Waals surface area contributed by atoms with E-state index in [1.54, 1.807) is 6.07 Å². The van der Waals surface area contributed by atoms with E-state index in [2.05, 4.69) is 15.3 Å². The highest BCUT2D eigenvalue weighted by Crippen LogP contribution is 2.11. The average molecular weight is 229 g/mol. The van der Waals surface area contributed by atoms with Gasteiger partial charge in [0, 0.05) is 6.20 Å². The predicted molar refractivity (Wildman–Crippen MR) is 58.5 cm³/mol. The molecular weight excluding hydrogens is 216 g/mol. The Morgan fingerprint density at radius 2 is 2.27 bits per heavy atom. The van der Waals surface area contributed by atoms with Crippen LogP contribution in [0, 0.1) is 5.92 Å². The van der Waals surface area contributed by atoms with Crippen molar-refractivity contribution in [1.29, 1.82) is 0 Å². The lowest BCUT2D eigenvalue weighted by atomic mass is 10.0. The lowest BCUT2D eigenvalue weighted by Gasteiger charge is -2.19.